The predicted molar refractivity (Wildman–Crippen MR) is 79.4 cm³/mol. The highest BCUT2D eigenvalue weighted by molar-refractivity contribution is 5.45. The zero-order chi connectivity index (χ0) is 14.5. The van der Waals surface area contributed by atoms with Gasteiger partial charge in [0.1, 0.15) is 0 Å². The van der Waals surface area contributed by atoms with Crippen LogP contribution >= 0.6 is 0 Å². The van der Waals surface area contributed by atoms with Crippen molar-refractivity contribution in [3.8, 4) is 17.4 Å². The van der Waals surface area contributed by atoms with Crippen LogP contribution in [0.2, 0.25) is 0 Å². The van der Waals surface area contributed by atoms with Crippen LogP contribution in [0, 0.1) is 6.92 Å². The summed E-state index contributed by atoms with van der Waals surface area (Å²) in [7, 11) is 1.63. The first kappa shape index (κ1) is 14.3. The number of hydrogen-bond donors (Lipinski definition) is 1. The molecule has 2 N–H and O–H groups in total. The normalized spacial score (nSPS) is 12.0. The number of nitrogens with zero attached hydrogens (tertiary/aromatic N) is 1. The molecule has 0 bridgehead atoms. The molecule has 0 aliphatic carbocycles. The minimum atomic E-state index is 0.0569. The number of aromatic nitrogens is 1. The van der Waals surface area contributed by atoms with Crippen molar-refractivity contribution in [2.24, 2.45) is 5.73 Å². The van der Waals surface area contributed by atoms with Crippen LogP contribution in [-0.4, -0.2) is 18.1 Å². The second-order valence-corrected chi connectivity index (χ2v) is 4.91. The average molecular weight is 272 g/mol. The van der Waals surface area contributed by atoms with E-state index in [-0.39, 0.29) is 6.04 Å². The second kappa shape index (κ2) is 6.39. The van der Waals surface area contributed by atoms with Gasteiger partial charge in [-0.25, -0.2) is 4.98 Å². The number of aryl methyl sites for hydroxylation is 1. The Kier molecular flexibility index (Phi) is 4.58. The summed E-state index contributed by atoms with van der Waals surface area (Å²) in [6.45, 7) is 3.97. The molecule has 2 rings (SSSR count). The molecular weight excluding hydrogens is 252 g/mol. The number of methoxy groups -OCH3 is 1. The van der Waals surface area contributed by atoms with Crippen molar-refractivity contribution < 1.29 is 9.47 Å². The molecule has 1 heterocycles. The van der Waals surface area contributed by atoms with E-state index < -0.39 is 0 Å². The number of hydrogen-bond acceptors (Lipinski definition) is 4. The summed E-state index contributed by atoms with van der Waals surface area (Å²) in [6, 6.07) is 9.72. The third kappa shape index (κ3) is 3.48. The van der Waals surface area contributed by atoms with Crippen LogP contribution in [0.25, 0.3) is 0 Å². The first-order valence-electron chi connectivity index (χ1n) is 6.62. The zero-order valence-corrected chi connectivity index (χ0v) is 12.1. The van der Waals surface area contributed by atoms with Crippen molar-refractivity contribution in [3.63, 3.8) is 0 Å². The van der Waals surface area contributed by atoms with Crippen LogP contribution in [0.4, 0.5) is 0 Å². The minimum absolute atomic E-state index is 0.0569. The first-order valence-corrected chi connectivity index (χ1v) is 6.62. The molecule has 4 heteroatoms. The Morgan fingerprint density at radius 1 is 1.25 bits per heavy atom. The molecule has 0 aliphatic heterocycles. The molecule has 0 saturated heterocycles. The van der Waals surface area contributed by atoms with Gasteiger partial charge in [-0.1, -0.05) is 12.1 Å². The fourth-order valence-corrected chi connectivity index (χ4v) is 1.98. The lowest BCUT2D eigenvalue weighted by Gasteiger charge is -2.14. The van der Waals surface area contributed by atoms with E-state index in [2.05, 4.69) is 4.98 Å². The monoisotopic (exact) mass is 272 g/mol. The van der Waals surface area contributed by atoms with Gasteiger partial charge in [0, 0.05) is 17.8 Å². The third-order valence-corrected chi connectivity index (χ3v) is 2.92. The summed E-state index contributed by atoms with van der Waals surface area (Å²) in [5.41, 5.74) is 7.96. The molecule has 1 aromatic carbocycles. The van der Waals surface area contributed by atoms with Gasteiger partial charge in [0.15, 0.2) is 11.5 Å². The van der Waals surface area contributed by atoms with Crippen LogP contribution in [0.1, 0.15) is 18.1 Å². The molecule has 106 valence electrons. The summed E-state index contributed by atoms with van der Waals surface area (Å²) in [5, 5.41) is 0. The molecule has 0 fully saturated rings. The molecule has 0 aliphatic rings. The van der Waals surface area contributed by atoms with E-state index in [0.29, 0.717) is 17.4 Å². The van der Waals surface area contributed by atoms with Gasteiger partial charge in [-0.05, 0) is 44.0 Å². The second-order valence-electron chi connectivity index (χ2n) is 4.91. The molecule has 4 nitrogen and oxygen atoms in total. The molecule has 1 atom stereocenters. The van der Waals surface area contributed by atoms with Gasteiger partial charge in [0.25, 0.3) is 0 Å². The molecule has 20 heavy (non-hydrogen) atoms. The molecular formula is C16H20N2O2. The van der Waals surface area contributed by atoms with Gasteiger partial charge in [-0.3, -0.25) is 0 Å². The fourth-order valence-electron chi connectivity index (χ4n) is 1.98. The topological polar surface area (TPSA) is 57.4 Å². The lowest BCUT2D eigenvalue weighted by Crippen LogP contribution is -2.18. The summed E-state index contributed by atoms with van der Waals surface area (Å²) in [4.78, 5) is 4.29. The molecule has 1 aromatic heterocycles. The Labute approximate surface area is 119 Å². The maximum Gasteiger partial charge on any atom is 0.222 e. The van der Waals surface area contributed by atoms with Crippen molar-refractivity contribution in [2.75, 3.05) is 7.11 Å². The van der Waals surface area contributed by atoms with E-state index in [4.69, 9.17) is 15.2 Å². The molecule has 0 radical (unpaired) electrons. The van der Waals surface area contributed by atoms with Crippen LogP contribution in [0.15, 0.2) is 36.5 Å². The summed E-state index contributed by atoms with van der Waals surface area (Å²) < 4.78 is 11.2. The van der Waals surface area contributed by atoms with Gasteiger partial charge in [-0.15, -0.1) is 0 Å². The number of nitrogens with two attached hydrogens (primary N) is 1. The van der Waals surface area contributed by atoms with Gasteiger partial charge in [0.2, 0.25) is 5.88 Å². The van der Waals surface area contributed by atoms with Crippen molar-refractivity contribution >= 4 is 0 Å². The lowest BCUT2D eigenvalue weighted by molar-refractivity contribution is 0.372. The molecule has 1 unspecified atom stereocenters. The molecule has 2 aromatic rings. The van der Waals surface area contributed by atoms with Crippen molar-refractivity contribution in [3.05, 3.63) is 47.7 Å². The van der Waals surface area contributed by atoms with E-state index in [1.807, 2.05) is 44.2 Å². The van der Waals surface area contributed by atoms with Crippen LogP contribution < -0.4 is 15.2 Å². The van der Waals surface area contributed by atoms with Crippen LogP contribution in [-0.2, 0) is 6.42 Å². The van der Waals surface area contributed by atoms with Crippen LogP contribution in [0.3, 0.4) is 0 Å². The van der Waals surface area contributed by atoms with Crippen molar-refractivity contribution in [2.45, 2.75) is 26.3 Å². The average Bonchev–Trinajstić information content (AvgIpc) is 2.42. The first-order chi connectivity index (χ1) is 9.60. The Morgan fingerprint density at radius 2 is 2.05 bits per heavy atom. The van der Waals surface area contributed by atoms with E-state index in [0.717, 1.165) is 17.5 Å². The smallest absolute Gasteiger partial charge is 0.222 e. The highest BCUT2D eigenvalue weighted by Crippen LogP contribution is 2.32. The van der Waals surface area contributed by atoms with Crippen molar-refractivity contribution in [1.82, 2.24) is 4.98 Å². The minimum Gasteiger partial charge on any atom is -0.493 e. The highest BCUT2D eigenvalue weighted by atomic mass is 16.5. The van der Waals surface area contributed by atoms with Gasteiger partial charge in [0.05, 0.1) is 7.11 Å². The summed E-state index contributed by atoms with van der Waals surface area (Å²) in [6.07, 6.45) is 2.43. The van der Waals surface area contributed by atoms with Gasteiger partial charge < -0.3 is 15.2 Å². The zero-order valence-electron chi connectivity index (χ0n) is 12.1. The third-order valence-electron chi connectivity index (χ3n) is 2.92. The SMILES string of the molecule is COc1cc(C)ccc1Oc1ncccc1CC(C)N. The van der Waals surface area contributed by atoms with E-state index >= 15 is 0 Å². The summed E-state index contributed by atoms with van der Waals surface area (Å²) >= 11 is 0. The maximum atomic E-state index is 5.90. The number of rotatable bonds is 5. The Hall–Kier alpha value is -2.07. The van der Waals surface area contributed by atoms with Gasteiger partial charge >= 0.3 is 0 Å². The summed E-state index contributed by atoms with van der Waals surface area (Å²) in [5.74, 6) is 1.93. The van der Waals surface area contributed by atoms with E-state index in [9.17, 15) is 0 Å². The molecule has 0 saturated carbocycles. The maximum absolute atomic E-state index is 5.90. The predicted octanol–water partition coefficient (Wildman–Crippen LogP) is 3.08. The van der Waals surface area contributed by atoms with Gasteiger partial charge in [-0.2, -0.15) is 0 Å². The van der Waals surface area contributed by atoms with E-state index in [1.165, 1.54) is 0 Å². The number of pyridine rings is 1. The standard InChI is InChI=1S/C16H20N2O2/c1-11-6-7-14(15(9-11)19-3)20-16-13(10-12(2)17)5-4-8-18-16/h4-9,12H,10,17H2,1-3H3. The largest absolute Gasteiger partial charge is 0.493 e. The Balaban J connectivity index is 2.30. The van der Waals surface area contributed by atoms with Crippen LogP contribution in [0.5, 0.6) is 17.4 Å². The molecule has 0 amide bonds. The number of ether oxygens (including phenoxy) is 2. The quantitative estimate of drug-likeness (QED) is 0.908. The lowest BCUT2D eigenvalue weighted by atomic mass is 10.1. The Morgan fingerprint density at radius 3 is 2.75 bits per heavy atom. The fraction of sp³-hybridized carbons (Fsp3) is 0.312. The highest BCUT2D eigenvalue weighted by Gasteiger charge is 2.11. The molecule has 0 spiro atoms. The van der Waals surface area contributed by atoms with Crippen molar-refractivity contribution in [1.29, 1.82) is 0 Å². The Bertz CT molecular complexity index is 582. The van der Waals surface area contributed by atoms with E-state index in [1.54, 1.807) is 13.3 Å². The number of benzene rings is 1.